The van der Waals surface area contributed by atoms with E-state index < -0.39 is 15.8 Å². The van der Waals surface area contributed by atoms with Crippen molar-refractivity contribution in [3.05, 3.63) is 29.1 Å². The van der Waals surface area contributed by atoms with E-state index in [4.69, 9.17) is 5.73 Å². The summed E-state index contributed by atoms with van der Waals surface area (Å²) in [4.78, 5) is 2.20. The first-order chi connectivity index (χ1) is 9.36. The lowest BCUT2D eigenvalue weighted by atomic mass is 10.1. The second kappa shape index (κ2) is 5.77. The van der Waals surface area contributed by atoms with E-state index in [-0.39, 0.29) is 17.0 Å². The summed E-state index contributed by atoms with van der Waals surface area (Å²) < 4.78 is 40.4. The van der Waals surface area contributed by atoms with Gasteiger partial charge in [-0.15, -0.1) is 0 Å². The second-order valence-electron chi connectivity index (χ2n) is 5.12. The molecule has 0 atom stereocenters. The highest BCUT2D eigenvalue weighted by Crippen LogP contribution is 2.22. The largest absolute Gasteiger partial charge is 0.326 e. The molecule has 1 aliphatic rings. The lowest BCUT2D eigenvalue weighted by Crippen LogP contribution is -2.47. The Hall–Kier alpha value is -1.02. The molecule has 0 spiro atoms. The Morgan fingerprint density at radius 1 is 1.25 bits per heavy atom. The molecular weight excluding hydrogens is 281 g/mol. The normalized spacial score (nSPS) is 18.4. The summed E-state index contributed by atoms with van der Waals surface area (Å²) in [6.07, 6.45) is 0. The Labute approximate surface area is 119 Å². The number of likely N-dealkylation sites (N-methyl/N-ethyl adjacent to an activating group) is 1. The van der Waals surface area contributed by atoms with Crippen molar-refractivity contribution in [3.8, 4) is 0 Å². The Morgan fingerprint density at radius 2 is 1.85 bits per heavy atom. The molecule has 112 valence electrons. The number of piperazine rings is 1. The first-order valence-electron chi connectivity index (χ1n) is 6.54. The van der Waals surface area contributed by atoms with E-state index in [1.54, 1.807) is 6.92 Å². The average Bonchev–Trinajstić information content (AvgIpc) is 2.42. The molecular formula is C13H20FN3O2S. The van der Waals surface area contributed by atoms with Gasteiger partial charge in [0.2, 0.25) is 10.0 Å². The van der Waals surface area contributed by atoms with Crippen LogP contribution in [0.5, 0.6) is 0 Å². The maximum atomic E-state index is 13.8. The molecule has 0 bridgehead atoms. The van der Waals surface area contributed by atoms with E-state index in [0.29, 0.717) is 31.7 Å². The first-order valence-corrected chi connectivity index (χ1v) is 7.98. The number of aryl methyl sites for hydroxylation is 1. The van der Waals surface area contributed by atoms with Crippen LogP contribution >= 0.6 is 0 Å². The molecule has 1 fully saturated rings. The minimum absolute atomic E-state index is 0.0151. The van der Waals surface area contributed by atoms with Crippen molar-refractivity contribution in [1.82, 2.24) is 9.21 Å². The van der Waals surface area contributed by atoms with Crippen LogP contribution in [0.2, 0.25) is 0 Å². The SMILES string of the molecule is Cc1cc(S(=O)(=O)N2CCN(C)CC2)cc(CN)c1F. The van der Waals surface area contributed by atoms with E-state index >= 15 is 0 Å². The van der Waals surface area contributed by atoms with Crippen LogP contribution in [0, 0.1) is 12.7 Å². The highest BCUT2D eigenvalue weighted by molar-refractivity contribution is 7.89. The molecule has 0 unspecified atom stereocenters. The van der Waals surface area contributed by atoms with Crippen LogP contribution in [-0.4, -0.2) is 50.8 Å². The van der Waals surface area contributed by atoms with Gasteiger partial charge in [0.25, 0.3) is 0 Å². The highest BCUT2D eigenvalue weighted by atomic mass is 32.2. The van der Waals surface area contributed by atoms with Crippen molar-refractivity contribution >= 4 is 10.0 Å². The quantitative estimate of drug-likeness (QED) is 0.884. The number of nitrogens with two attached hydrogens (primary N) is 1. The lowest BCUT2D eigenvalue weighted by Gasteiger charge is -2.31. The van der Waals surface area contributed by atoms with E-state index in [9.17, 15) is 12.8 Å². The van der Waals surface area contributed by atoms with Gasteiger partial charge < -0.3 is 10.6 Å². The lowest BCUT2D eigenvalue weighted by molar-refractivity contribution is 0.222. The number of nitrogens with zero attached hydrogens (tertiary/aromatic N) is 2. The molecule has 0 saturated carbocycles. The molecule has 1 aromatic carbocycles. The van der Waals surface area contributed by atoms with Crippen LogP contribution in [0.1, 0.15) is 11.1 Å². The fourth-order valence-corrected chi connectivity index (χ4v) is 3.84. The van der Waals surface area contributed by atoms with Crippen LogP contribution in [0.3, 0.4) is 0 Å². The van der Waals surface area contributed by atoms with E-state index in [2.05, 4.69) is 4.90 Å². The molecule has 2 rings (SSSR count). The van der Waals surface area contributed by atoms with Crippen LogP contribution < -0.4 is 5.73 Å². The second-order valence-corrected chi connectivity index (χ2v) is 7.06. The number of benzene rings is 1. The number of rotatable bonds is 3. The molecule has 0 radical (unpaired) electrons. The zero-order valence-electron chi connectivity index (χ0n) is 11.8. The van der Waals surface area contributed by atoms with Gasteiger partial charge in [0.15, 0.2) is 0 Å². The Bertz CT molecular complexity index is 596. The fraction of sp³-hybridized carbons (Fsp3) is 0.538. The third-order valence-corrected chi connectivity index (χ3v) is 5.50. The predicted molar refractivity (Wildman–Crippen MR) is 75.3 cm³/mol. The van der Waals surface area contributed by atoms with Crippen LogP contribution in [-0.2, 0) is 16.6 Å². The summed E-state index contributed by atoms with van der Waals surface area (Å²) in [5.74, 6) is -0.426. The van der Waals surface area contributed by atoms with Gasteiger partial charge in [-0.25, -0.2) is 12.8 Å². The fourth-order valence-electron chi connectivity index (χ4n) is 2.28. The third kappa shape index (κ3) is 2.85. The van der Waals surface area contributed by atoms with Crippen molar-refractivity contribution in [2.24, 2.45) is 5.73 Å². The van der Waals surface area contributed by atoms with Gasteiger partial charge in [-0.1, -0.05) is 0 Å². The van der Waals surface area contributed by atoms with Gasteiger partial charge in [0.05, 0.1) is 4.90 Å². The molecule has 0 aliphatic carbocycles. The van der Waals surface area contributed by atoms with Gasteiger partial charge >= 0.3 is 0 Å². The average molecular weight is 301 g/mol. The third-order valence-electron chi connectivity index (χ3n) is 3.62. The zero-order valence-corrected chi connectivity index (χ0v) is 12.6. The van der Waals surface area contributed by atoms with Crippen LogP contribution in [0.25, 0.3) is 0 Å². The maximum absolute atomic E-state index is 13.8. The summed E-state index contributed by atoms with van der Waals surface area (Å²) in [7, 11) is -1.62. The zero-order chi connectivity index (χ0) is 14.9. The minimum atomic E-state index is -3.57. The molecule has 2 N–H and O–H groups in total. The van der Waals surface area contributed by atoms with Crippen LogP contribution in [0.15, 0.2) is 17.0 Å². The molecule has 20 heavy (non-hydrogen) atoms. The summed E-state index contributed by atoms with van der Waals surface area (Å²) in [5, 5.41) is 0. The Balaban J connectivity index is 2.37. The van der Waals surface area contributed by atoms with Crippen molar-refractivity contribution < 1.29 is 12.8 Å². The first kappa shape index (κ1) is 15.4. The summed E-state index contributed by atoms with van der Waals surface area (Å²) >= 11 is 0. The van der Waals surface area contributed by atoms with Gasteiger partial charge in [-0.2, -0.15) is 4.31 Å². The Kier molecular flexibility index (Phi) is 4.43. The van der Waals surface area contributed by atoms with Gasteiger partial charge in [0, 0.05) is 38.3 Å². The summed E-state index contributed by atoms with van der Waals surface area (Å²) in [6, 6.07) is 2.72. The molecule has 7 heteroatoms. The standard InChI is InChI=1S/C13H20FN3O2S/c1-10-7-12(8-11(9-15)13(10)14)20(18,19)17-5-3-16(2)4-6-17/h7-8H,3-6,9,15H2,1-2H3. The van der Waals surface area contributed by atoms with Crippen LogP contribution in [0.4, 0.5) is 4.39 Å². The number of hydrogen-bond donors (Lipinski definition) is 1. The monoisotopic (exact) mass is 301 g/mol. The van der Waals surface area contributed by atoms with Crippen molar-refractivity contribution in [2.75, 3.05) is 33.2 Å². The van der Waals surface area contributed by atoms with E-state index in [1.807, 2.05) is 7.05 Å². The predicted octanol–water partition coefficient (Wildman–Crippen LogP) is 0.529. The molecule has 1 aliphatic heterocycles. The maximum Gasteiger partial charge on any atom is 0.243 e. The van der Waals surface area contributed by atoms with E-state index in [0.717, 1.165) is 0 Å². The van der Waals surface area contributed by atoms with Crippen molar-refractivity contribution in [3.63, 3.8) is 0 Å². The van der Waals surface area contributed by atoms with Gasteiger partial charge in [0.1, 0.15) is 5.82 Å². The van der Waals surface area contributed by atoms with Crippen molar-refractivity contribution in [2.45, 2.75) is 18.4 Å². The minimum Gasteiger partial charge on any atom is -0.326 e. The number of sulfonamides is 1. The molecule has 1 aromatic rings. The highest BCUT2D eigenvalue weighted by Gasteiger charge is 2.28. The van der Waals surface area contributed by atoms with Gasteiger partial charge in [-0.3, -0.25) is 0 Å². The number of hydrogen-bond acceptors (Lipinski definition) is 4. The molecule has 0 aromatic heterocycles. The van der Waals surface area contributed by atoms with Crippen molar-refractivity contribution in [1.29, 1.82) is 0 Å². The van der Waals surface area contributed by atoms with Gasteiger partial charge in [-0.05, 0) is 31.7 Å². The molecule has 5 nitrogen and oxygen atoms in total. The molecule has 0 amide bonds. The topological polar surface area (TPSA) is 66.6 Å². The molecule has 1 saturated heterocycles. The summed E-state index contributed by atoms with van der Waals surface area (Å²) in [6.45, 7) is 3.84. The van der Waals surface area contributed by atoms with E-state index in [1.165, 1.54) is 16.4 Å². The molecule has 1 heterocycles. The smallest absolute Gasteiger partial charge is 0.243 e. The number of halogens is 1. The summed E-state index contributed by atoms with van der Waals surface area (Å²) in [5.41, 5.74) is 6.01. The Morgan fingerprint density at radius 3 is 2.40 bits per heavy atom.